The number of hydrogen-bond donors (Lipinski definition) is 2. The average molecular weight is 393 g/mol. The van der Waals surface area contributed by atoms with Gasteiger partial charge in [0.15, 0.2) is 0 Å². The number of fused-ring (bicyclic) bond motifs is 2. The number of anilines is 3. The predicted molar refractivity (Wildman–Crippen MR) is 120 cm³/mol. The summed E-state index contributed by atoms with van der Waals surface area (Å²) in [6.07, 6.45) is 1.74. The molecule has 3 aromatic carbocycles. The number of carbonyl (C=O) groups excluding carboxylic acids is 1. The van der Waals surface area contributed by atoms with E-state index in [4.69, 9.17) is 0 Å². The van der Waals surface area contributed by atoms with Crippen LogP contribution < -0.4 is 10.2 Å². The van der Waals surface area contributed by atoms with Crippen LogP contribution in [0.5, 0.6) is 0 Å². The van der Waals surface area contributed by atoms with Crippen LogP contribution in [0.1, 0.15) is 5.56 Å². The quantitative estimate of drug-likeness (QED) is 0.496. The number of aliphatic hydroxyl groups is 1. The first-order valence-corrected chi connectivity index (χ1v) is 9.71. The molecule has 0 fully saturated rings. The van der Waals surface area contributed by atoms with Crippen molar-refractivity contribution in [2.45, 2.75) is 0 Å². The Morgan fingerprint density at radius 1 is 0.933 bits per heavy atom. The fraction of sp³-hybridized carbons (Fsp3) is 0.0400. The summed E-state index contributed by atoms with van der Waals surface area (Å²) in [6, 6.07) is 26.8. The van der Waals surface area contributed by atoms with Gasteiger partial charge in [0.25, 0.3) is 5.91 Å². The molecule has 5 rings (SSSR count). The molecule has 5 nitrogen and oxygen atoms in total. The molecule has 0 unspecified atom stereocenters. The highest BCUT2D eigenvalue weighted by molar-refractivity contribution is 6.11. The maximum absolute atomic E-state index is 13.1. The van der Waals surface area contributed by atoms with E-state index in [1.165, 1.54) is 0 Å². The molecule has 0 spiro atoms. The van der Waals surface area contributed by atoms with Crippen LogP contribution in [0.2, 0.25) is 0 Å². The van der Waals surface area contributed by atoms with Gasteiger partial charge < -0.3 is 15.3 Å². The van der Waals surface area contributed by atoms with Crippen LogP contribution >= 0.6 is 0 Å². The van der Waals surface area contributed by atoms with Crippen molar-refractivity contribution in [1.29, 1.82) is 0 Å². The highest BCUT2D eigenvalue weighted by Crippen LogP contribution is 2.38. The van der Waals surface area contributed by atoms with Gasteiger partial charge in [-0.2, -0.15) is 0 Å². The largest absolute Gasteiger partial charge is 0.507 e. The van der Waals surface area contributed by atoms with Crippen molar-refractivity contribution in [3.8, 4) is 0 Å². The normalized spacial score (nSPS) is 13.3. The number of pyridine rings is 1. The summed E-state index contributed by atoms with van der Waals surface area (Å²) in [4.78, 5) is 19.5. The van der Waals surface area contributed by atoms with Crippen molar-refractivity contribution in [2.75, 3.05) is 16.8 Å². The fourth-order valence-corrected chi connectivity index (χ4v) is 3.77. The van der Waals surface area contributed by atoms with Crippen molar-refractivity contribution in [3.63, 3.8) is 0 Å². The number of nitrogens with one attached hydrogen (secondary N) is 1. The molecule has 0 radical (unpaired) electrons. The van der Waals surface area contributed by atoms with Gasteiger partial charge in [0, 0.05) is 28.5 Å². The summed E-state index contributed by atoms with van der Waals surface area (Å²) in [6.45, 7) is 0.272. The second-order valence-electron chi connectivity index (χ2n) is 7.13. The number of benzene rings is 3. The van der Waals surface area contributed by atoms with Gasteiger partial charge in [-0.25, -0.2) is 0 Å². The Morgan fingerprint density at radius 3 is 2.60 bits per heavy atom. The number of para-hydroxylation sites is 2. The molecule has 0 aliphatic carbocycles. The van der Waals surface area contributed by atoms with Gasteiger partial charge in [-0.1, -0.05) is 36.4 Å². The molecule has 1 aliphatic heterocycles. The Hall–Kier alpha value is -4.12. The zero-order valence-corrected chi connectivity index (χ0v) is 16.1. The lowest BCUT2D eigenvalue weighted by Crippen LogP contribution is -2.31. The topological polar surface area (TPSA) is 65.5 Å². The summed E-state index contributed by atoms with van der Waals surface area (Å²) >= 11 is 0. The van der Waals surface area contributed by atoms with Crippen molar-refractivity contribution < 1.29 is 9.90 Å². The van der Waals surface area contributed by atoms with E-state index in [9.17, 15) is 9.90 Å². The number of amides is 1. The number of carbonyl (C=O) groups is 1. The van der Waals surface area contributed by atoms with E-state index in [-0.39, 0.29) is 18.2 Å². The van der Waals surface area contributed by atoms with Crippen LogP contribution in [0.3, 0.4) is 0 Å². The first-order chi connectivity index (χ1) is 14.7. The number of aromatic nitrogens is 1. The zero-order valence-electron chi connectivity index (χ0n) is 16.1. The van der Waals surface area contributed by atoms with Crippen molar-refractivity contribution >= 4 is 39.6 Å². The summed E-state index contributed by atoms with van der Waals surface area (Å²) in [7, 11) is 0. The van der Waals surface area contributed by atoms with Crippen molar-refractivity contribution in [1.82, 2.24) is 4.98 Å². The molecule has 0 atom stereocenters. The molecule has 1 aliphatic rings. The third-order valence-corrected chi connectivity index (χ3v) is 5.25. The molecular formula is C25H19N3O2. The minimum atomic E-state index is -0.328. The van der Waals surface area contributed by atoms with E-state index in [1.54, 1.807) is 6.20 Å². The number of aliphatic hydroxyl groups excluding tert-OH is 1. The molecule has 146 valence electrons. The van der Waals surface area contributed by atoms with Gasteiger partial charge in [-0.15, -0.1) is 0 Å². The third kappa shape index (κ3) is 3.16. The number of rotatable bonds is 3. The van der Waals surface area contributed by atoms with Gasteiger partial charge in [0.05, 0.1) is 23.3 Å². The van der Waals surface area contributed by atoms with Gasteiger partial charge in [-0.3, -0.25) is 9.78 Å². The Labute approximate surface area is 173 Å². The molecule has 5 heteroatoms. The Balaban J connectivity index is 1.51. The van der Waals surface area contributed by atoms with Crippen molar-refractivity contribution in [2.24, 2.45) is 0 Å². The maximum Gasteiger partial charge on any atom is 0.257 e. The van der Waals surface area contributed by atoms with Gasteiger partial charge >= 0.3 is 0 Å². The van der Waals surface area contributed by atoms with E-state index < -0.39 is 0 Å². The lowest BCUT2D eigenvalue weighted by atomic mass is 9.99. The first-order valence-electron chi connectivity index (χ1n) is 9.71. The van der Waals surface area contributed by atoms with Crippen LogP contribution in [0.15, 0.2) is 96.7 Å². The van der Waals surface area contributed by atoms with E-state index in [0.717, 1.165) is 22.3 Å². The standard InChI is InChI=1S/C25H19N3O2/c29-24-20-10-4-5-11-23(20)28(19-8-2-1-3-9-19)16-21(24)25(30)27-18-12-13-22-17(15-18)7-6-14-26-22/h1-15,29H,16H2,(H,27,30). The zero-order chi connectivity index (χ0) is 20.5. The Kier molecular flexibility index (Phi) is 4.41. The van der Waals surface area contributed by atoms with Crippen LogP contribution in [-0.4, -0.2) is 22.5 Å². The first kappa shape index (κ1) is 17.9. The molecule has 0 saturated heterocycles. The highest BCUT2D eigenvalue weighted by Gasteiger charge is 2.28. The number of hydrogen-bond acceptors (Lipinski definition) is 4. The van der Waals surface area contributed by atoms with Crippen LogP contribution in [0, 0.1) is 0 Å². The second kappa shape index (κ2) is 7.37. The van der Waals surface area contributed by atoms with Gasteiger partial charge in [0.2, 0.25) is 0 Å². The molecule has 0 saturated carbocycles. The lowest BCUT2D eigenvalue weighted by Gasteiger charge is -2.32. The predicted octanol–water partition coefficient (Wildman–Crippen LogP) is 5.29. The minimum absolute atomic E-state index is 0.0118. The number of nitrogens with zero attached hydrogens (tertiary/aromatic N) is 2. The maximum atomic E-state index is 13.1. The molecule has 1 aromatic heterocycles. The van der Waals surface area contributed by atoms with Crippen molar-refractivity contribution in [3.05, 3.63) is 102 Å². The molecule has 1 amide bonds. The summed E-state index contributed by atoms with van der Waals surface area (Å²) in [5, 5.41) is 14.8. The molecular weight excluding hydrogens is 374 g/mol. The smallest absolute Gasteiger partial charge is 0.257 e. The summed E-state index contributed by atoms with van der Waals surface area (Å²) in [5.74, 6) is -0.316. The minimum Gasteiger partial charge on any atom is -0.507 e. The molecule has 2 heterocycles. The van der Waals surface area contributed by atoms with Gasteiger partial charge in [0.1, 0.15) is 5.76 Å². The third-order valence-electron chi connectivity index (χ3n) is 5.25. The van der Waals surface area contributed by atoms with Crippen LogP contribution in [-0.2, 0) is 4.79 Å². The molecule has 4 aromatic rings. The molecule has 30 heavy (non-hydrogen) atoms. The lowest BCUT2D eigenvalue weighted by molar-refractivity contribution is -0.112. The summed E-state index contributed by atoms with van der Waals surface area (Å²) in [5.41, 5.74) is 4.31. The Bertz CT molecular complexity index is 1280. The monoisotopic (exact) mass is 393 g/mol. The van der Waals surface area contributed by atoms with E-state index in [2.05, 4.69) is 10.3 Å². The summed E-state index contributed by atoms with van der Waals surface area (Å²) < 4.78 is 0. The second-order valence-corrected chi connectivity index (χ2v) is 7.13. The fourth-order valence-electron chi connectivity index (χ4n) is 3.77. The molecule has 2 N–H and O–H groups in total. The van der Waals surface area contributed by atoms with Crippen LogP contribution in [0.4, 0.5) is 17.1 Å². The van der Waals surface area contributed by atoms with Gasteiger partial charge in [-0.05, 0) is 48.5 Å². The van der Waals surface area contributed by atoms with E-state index in [1.807, 2.05) is 89.8 Å². The van der Waals surface area contributed by atoms with Crippen LogP contribution in [0.25, 0.3) is 16.7 Å². The SMILES string of the molecule is O=C(Nc1ccc2ncccc2c1)C1=C(O)c2ccccc2N(c2ccccc2)C1. The molecule has 0 bridgehead atoms. The Morgan fingerprint density at radius 2 is 1.73 bits per heavy atom. The highest BCUT2D eigenvalue weighted by atomic mass is 16.3. The van der Waals surface area contributed by atoms with E-state index >= 15 is 0 Å². The average Bonchev–Trinajstić information content (AvgIpc) is 2.80. The van der Waals surface area contributed by atoms with E-state index in [0.29, 0.717) is 16.8 Å².